The molecule has 30 heavy (non-hydrogen) atoms. The standard InChI is InChI=1S/C24H31N3O3/c28-24(20-10-5-2-6-11-20)21-12-13-23(27(29)30)22(16-21)18-26-15-7-14-25-17-19-8-3-1-4-9-19/h2,5-6,10-13,16,19,25-26H,1,3-4,7-9,14-15,17-18H2. The van der Waals surface area contributed by atoms with Gasteiger partial charge in [-0.15, -0.1) is 0 Å². The number of hydrogen-bond donors (Lipinski definition) is 2. The third-order valence-electron chi connectivity index (χ3n) is 5.75. The predicted octanol–water partition coefficient (Wildman–Crippen LogP) is 4.48. The molecule has 6 nitrogen and oxygen atoms in total. The first-order valence-corrected chi connectivity index (χ1v) is 10.9. The van der Waals surface area contributed by atoms with E-state index in [-0.39, 0.29) is 16.4 Å². The largest absolute Gasteiger partial charge is 0.316 e. The molecule has 1 saturated carbocycles. The van der Waals surface area contributed by atoms with Gasteiger partial charge in [-0.25, -0.2) is 0 Å². The fourth-order valence-electron chi connectivity index (χ4n) is 4.06. The molecule has 0 amide bonds. The number of carbonyl (C=O) groups excluding carboxylic acids is 1. The molecule has 1 aliphatic carbocycles. The van der Waals surface area contributed by atoms with Crippen LogP contribution in [0.25, 0.3) is 0 Å². The summed E-state index contributed by atoms with van der Waals surface area (Å²) in [6, 6.07) is 13.6. The van der Waals surface area contributed by atoms with E-state index in [1.54, 1.807) is 18.2 Å². The summed E-state index contributed by atoms with van der Waals surface area (Å²) in [5, 5.41) is 18.2. The number of nitrogens with one attached hydrogen (secondary N) is 2. The number of rotatable bonds is 11. The van der Waals surface area contributed by atoms with Crippen LogP contribution in [0.3, 0.4) is 0 Å². The fourth-order valence-corrected chi connectivity index (χ4v) is 4.06. The van der Waals surface area contributed by atoms with Gasteiger partial charge in [0.15, 0.2) is 5.78 Å². The minimum Gasteiger partial charge on any atom is -0.316 e. The highest BCUT2D eigenvalue weighted by Crippen LogP contribution is 2.23. The van der Waals surface area contributed by atoms with E-state index in [4.69, 9.17) is 0 Å². The molecule has 1 fully saturated rings. The highest BCUT2D eigenvalue weighted by molar-refractivity contribution is 6.09. The summed E-state index contributed by atoms with van der Waals surface area (Å²) in [7, 11) is 0. The minimum atomic E-state index is -0.389. The molecule has 0 aromatic heterocycles. The Kier molecular flexibility index (Phi) is 8.53. The van der Waals surface area contributed by atoms with Crippen LogP contribution in [-0.4, -0.2) is 30.3 Å². The van der Waals surface area contributed by atoms with Crippen LogP contribution in [0.1, 0.15) is 60.0 Å². The van der Waals surface area contributed by atoms with Gasteiger partial charge in [-0.2, -0.15) is 0 Å². The van der Waals surface area contributed by atoms with Crippen LogP contribution in [0.4, 0.5) is 5.69 Å². The molecule has 0 atom stereocenters. The number of nitro groups is 1. The number of ketones is 1. The maximum absolute atomic E-state index is 12.7. The third-order valence-corrected chi connectivity index (χ3v) is 5.75. The molecular formula is C24H31N3O3. The molecule has 0 aliphatic heterocycles. The average Bonchev–Trinajstić information content (AvgIpc) is 2.79. The van der Waals surface area contributed by atoms with Crippen molar-refractivity contribution >= 4 is 11.5 Å². The van der Waals surface area contributed by atoms with Crippen LogP contribution >= 0.6 is 0 Å². The van der Waals surface area contributed by atoms with Crippen molar-refractivity contribution in [3.63, 3.8) is 0 Å². The molecule has 0 spiro atoms. The molecule has 1 aliphatic rings. The number of nitrogens with zero attached hydrogens (tertiary/aromatic N) is 1. The van der Waals surface area contributed by atoms with E-state index in [0.29, 0.717) is 23.2 Å². The van der Waals surface area contributed by atoms with E-state index < -0.39 is 0 Å². The van der Waals surface area contributed by atoms with Crippen molar-refractivity contribution in [2.45, 2.75) is 45.1 Å². The van der Waals surface area contributed by atoms with Gasteiger partial charge in [-0.1, -0.05) is 49.6 Å². The van der Waals surface area contributed by atoms with Gasteiger partial charge in [0.1, 0.15) is 0 Å². The summed E-state index contributed by atoms with van der Waals surface area (Å²) in [5.41, 5.74) is 1.63. The second-order valence-electron chi connectivity index (χ2n) is 8.03. The lowest BCUT2D eigenvalue weighted by molar-refractivity contribution is -0.385. The second-order valence-corrected chi connectivity index (χ2v) is 8.03. The lowest BCUT2D eigenvalue weighted by atomic mass is 9.89. The van der Waals surface area contributed by atoms with Gasteiger partial charge in [0.2, 0.25) is 0 Å². The maximum atomic E-state index is 12.7. The topological polar surface area (TPSA) is 84.3 Å². The van der Waals surface area contributed by atoms with Gasteiger partial charge in [-0.05, 0) is 56.9 Å². The van der Waals surface area contributed by atoms with Gasteiger partial charge in [-0.3, -0.25) is 14.9 Å². The lowest BCUT2D eigenvalue weighted by Gasteiger charge is -2.21. The first kappa shape index (κ1) is 22.1. The average molecular weight is 410 g/mol. The van der Waals surface area contributed by atoms with Crippen LogP contribution in [0.15, 0.2) is 48.5 Å². The van der Waals surface area contributed by atoms with Crippen molar-refractivity contribution in [2.75, 3.05) is 19.6 Å². The highest BCUT2D eigenvalue weighted by atomic mass is 16.6. The molecule has 2 N–H and O–H groups in total. The smallest absolute Gasteiger partial charge is 0.273 e. The Morgan fingerprint density at radius 1 is 0.967 bits per heavy atom. The summed E-state index contributed by atoms with van der Waals surface area (Å²) in [5.74, 6) is 0.693. The molecule has 2 aromatic rings. The molecule has 0 heterocycles. The molecule has 0 saturated heterocycles. The maximum Gasteiger partial charge on any atom is 0.273 e. The SMILES string of the molecule is O=C(c1ccccc1)c1ccc([N+](=O)[O-])c(CNCCCNCC2CCCCC2)c1. The van der Waals surface area contributed by atoms with E-state index >= 15 is 0 Å². The molecule has 0 unspecified atom stereocenters. The molecule has 0 radical (unpaired) electrons. The van der Waals surface area contributed by atoms with E-state index in [2.05, 4.69) is 10.6 Å². The quantitative estimate of drug-likeness (QED) is 0.247. The van der Waals surface area contributed by atoms with Crippen molar-refractivity contribution in [2.24, 2.45) is 5.92 Å². The van der Waals surface area contributed by atoms with E-state index in [9.17, 15) is 14.9 Å². The van der Waals surface area contributed by atoms with Crippen LogP contribution < -0.4 is 10.6 Å². The van der Waals surface area contributed by atoms with Gasteiger partial charge >= 0.3 is 0 Å². The number of nitro benzene ring substituents is 1. The zero-order chi connectivity index (χ0) is 21.2. The van der Waals surface area contributed by atoms with Gasteiger partial charge in [0.05, 0.1) is 4.92 Å². The van der Waals surface area contributed by atoms with Gasteiger partial charge < -0.3 is 10.6 Å². The number of hydrogen-bond acceptors (Lipinski definition) is 5. The van der Waals surface area contributed by atoms with E-state index in [1.807, 2.05) is 18.2 Å². The monoisotopic (exact) mass is 409 g/mol. The first-order chi connectivity index (χ1) is 14.6. The lowest BCUT2D eigenvalue weighted by Crippen LogP contribution is -2.27. The zero-order valence-electron chi connectivity index (χ0n) is 17.4. The van der Waals surface area contributed by atoms with Gasteiger partial charge in [0, 0.05) is 29.3 Å². The normalized spacial score (nSPS) is 14.5. The zero-order valence-corrected chi connectivity index (χ0v) is 17.4. The summed E-state index contributed by atoms with van der Waals surface area (Å²) in [4.78, 5) is 23.7. The summed E-state index contributed by atoms with van der Waals surface area (Å²) >= 11 is 0. The van der Waals surface area contributed by atoms with Crippen molar-refractivity contribution in [1.82, 2.24) is 10.6 Å². The summed E-state index contributed by atoms with van der Waals surface area (Å²) in [6.45, 7) is 3.17. The Morgan fingerprint density at radius 2 is 1.70 bits per heavy atom. The van der Waals surface area contributed by atoms with Crippen molar-refractivity contribution in [1.29, 1.82) is 0 Å². The van der Waals surface area contributed by atoms with Crippen LogP contribution in [0.5, 0.6) is 0 Å². The molecular weight excluding hydrogens is 378 g/mol. The number of carbonyl (C=O) groups is 1. The van der Waals surface area contributed by atoms with Crippen molar-refractivity contribution in [3.8, 4) is 0 Å². The van der Waals surface area contributed by atoms with Crippen LogP contribution in [0.2, 0.25) is 0 Å². The fraction of sp³-hybridized carbons (Fsp3) is 0.458. The summed E-state index contributed by atoms with van der Waals surface area (Å²) < 4.78 is 0. The highest BCUT2D eigenvalue weighted by Gasteiger charge is 2.17. The Hall–Kier alpha value is -2.57. The Balaban J connectivity index is 1.48. The van der Waals surface area contributed by atoms with E-state index in [0.717, 1.165) is 32.0 Å². The first-order valence-electron chi connectivity index (χ1n) is 10.9. The predicted molar refractivity (Wildman–Crippen MR) is 119 cm³/mol. The Bertz CT molecular complexity index is 833. The minimum absolute atomic E-state index is 0.0440. The molecule has 160 valence electrons. The molecule has 0 bridgehead atoms. The van der Waals surface area contributed by atoms with Crippen molar-refractivity contribution < 1.29 is 9.72 Å². The second kappa shape index (κ2) is 11.6. The van der Waals surface area contributed by atoms with Gasteiger partial charge in [0.25, 0.3) is 5.69 Å². The molecule has 3 rings (SSSR count). The molecule has 6 heteroatoms. The van der Waals surface area contributed by atoms with E-state index in [1.165, 1.54) is 44.2 Å². The third kappa shape index (κ3) is 6.47. The Labute approximate surface area is 178 Å². The number of benzene rings is 2. The van der Waals surface area contributed by atoms with Crippen LogP contribution in [0, 0.1) is 16.0 Å². The molecule has 2 aromatic carbocycles. The van der Waals surface area contributed by atoms with Crippen LogP contribution in [-0.2, 0) is 6.54 Å². The van der Waals surface area contributed by atoms with Crippen molar-refractivity contribution in [3.05, 3.63) is 75.3 Å². The summed E-state index contributed by atoms with van der Waals surface area (Å²) in [6.07, 6.45) is 7.74. The Morgan fingerprint density at radius 3 is 2.43 bits per heavy atom.